The third-order valence-corrected chi connectivity index (χ3v) is 8.86. The van der Waals surface area contributed by atoms with Crippen molar-refractivity contribution in [3.8, 4) is 33.9 Å². The van der Waals surface area contributed by atoms with Gasteiger partial charge in [-0.15, -0.1) is 0 Å². The van der Waals surface area contributed by atoms with E-state index in [1.165, 1.54) is 21.5 Å². The SMILES string of the molecule is [C-]#[N+]c1cccc(-n2c3ccccc3c3ccccc32)c1-c1cccc(-c2ccncc2-n2c3ccccc3c3ccccc32)n1. The van der Waals surface area contributed by atoms with Crippen molar-refractivity contribution in [2.24, 2.45) is 0 Å². The van der Waals surface area contributed by atoms with Crippen molar-refractivity contribution in [1.82, 2.24) is 19.1 Å². The largest absolute Gasteiger partial charge is 0.310 e. The van der Waals surface area contributed by atoms with E-state index in [9.17, 15) is 0 Å². The van der Waals surface area contributed by atoms with Gasteiger partial charge in [0, 0.05) is 44.6 Å². The Morgan fingerprint density at radius 2 is 0.978 bits per heavy atom. The van der Waals surface area contributed by atoms with Crippen molar-refractivity contribution in [1.29, 1.82) is 0 Å². The first-order chi connectivity index (χ1) is 22.8. The normalized spacial score (nSPS) is 11.5. The van der Waals surface area contributed by atoms with Gasteiger partial charge >= 0.3 is 0 Å². The van der Waals surface area contributed by atoms with E-state index < -0.39 is 0 Å². The van der Waals surface area contributed by atoms with Crippen LogP contribution in [0.15, 0.2) is 152 Å². The zero-order valence-corrected chi connectivity index (χ0v) is 24.7. The van der Waals surface area contributed by atoms with Crippen LogP contribution in [-0.2, 0) is 0 Å². The zero-order valence-electron chi connectivity index (χ0n) is 24.7. The van der Waals surface area contributed by atoms with Crippen LogP contribution in [0.4, 0.5) is 5.69 Å². The summed E-state index contributed by atoms with van der Waals surface area (Å²) in [5, 5.41) is 4.73. The van der Waals surface area contributed by atoms with Crippen LogP contribution >= 0.6 is 0 Å². The van der Waals surface area contributed by atoms with Crippen LogP contribution in [0.25, 0.3) is 82.3 Å². The molecule has 9 aromatic rings. The van der Waals surface area contributed by atoms with Gasteiger partial charge in [-0.2, -0.15) is 0 Å². The third-order valence-electron chi connectivity index (χ3n) is 8.86. The lowest BCUT2D eigenvalue weighted by atomic mass is 10.0. The first-order valence-electron chi connectivity index (χ1n) is 15.2. The Morgan fingerprint density at radius 3 is 1.54 bits per heavy atom. The quantitative estimate of drug-likeness (QED) is 0.192. The number of para-hydroxylation sites is 4. The molecular weight excluding hydrogens is 562 g/mol. The summed E-state index contributed by atoms with van der Waals surface area (Å²) in [5.41, 5.74) is 10.1. The van der Waals surface area contributed by atoms with E-state index in [-0.39, 0.29) is 0 Å². The Hall–Kier alpha value is -6.51. The molecule has 5 heteroatoms. The minimum Gasteiger partial charge on any atom is -0.310 e. The van der Waals surface area contributed by atoms with E-state index in [2.05, 4.69) is 122 Å². The highest BCUT2D eigenvalue weighted by Crippen LogP contribution is 2.41. The summed E-state index contributed by atoms with van der Waals surface area (Å²) in [6, 6.07) is 47.9. The lowest BCUT2D eigenvalue weighted by molar-refractivity contribution is 1.13. The maximum atomic E-state index is 8.16. The number of hydrogen-bond acceptors (Lipinski definition) is 2. The average molecular weight is 588 g/mol. The fraction of sp³-hybridized carbons (Fsp3) is 0. The topological polar surface area (TPSA) is 40.0 Å². The minimum atomic E-state index is 0.557. The average Bonchev–Trinajstić information content (AvgIpc) is 3.64. The lowest BCUT2D eigenvalue weighted by Gasteiger charge is -2.17. The standard InChI is InChI=1S/C41H25N5/c1-42-33-17-11-23-39(45-35-19-6-2-12-27(35)28-13-3-7-20-36(28)45)41(33)34-18-10-16-32(44-34)31-24-25-43-26-40(31)46-37-21-8-4-14-29(37)30-15-5-9-22-38(30)46/h2-26H. The second-order valence-electron chi connectivity index (χ2n) is 11.3. The summed E-state index contributed by atoms with van der Waals surface area (Å²) in [5.74, 6) is 0. The smallest absolute Gasteiger partial charge is 0.198 e. The molecule has 0 saturated carbocycles. The number of rotatable bonds is 4. The predicted molar refractivity (Wildman–Crippen MR) is 188 cm³/mol. The van der Waals surface area contributed by atoms with Crippen molar-refractivity contribution in [3.63, 3.8) is 0 Å². The Kier molecular flexibility index (Phi) is 5.81. The zero-order chi connectivity index (χ0) is 30.6. The fourth-order valence-electron chi connectivity index (χ4n) is 6.94. The number of nitrogens with zero attached hydrogens (tertiary/aromatic N) is 5. The van der Waals surface area contributed by atoms with Crippen molar-refractivity contribution in [2.45, 2.75) is 0 Å². The van der Waals surface area contributed by atoms with Crippen LogP contribution in [0.1, 0.15) is 0 Å². The minimum absolute atomic E-state index is 0.557. The van der Waals surface area contributed by atoms with Gasteiger partial charge in [-0.1, -0.05) is 91.0 Å². The molecule has 0 N–H and O–H groups in total. The van der Waals surface area contributed by atoms with Gasteiger partial charge in [-0.25, -0.2) is 9.83 Å². The molecule has 0 aliphatic carbocycles. The Bertz CT molecular complexity index is 2560. The molecule has 0 spiro atoms. The Balaban J connectivity index is 1.29. The van der Waals surface area contributed by atoms with Crippen LogP contribution < -0.4 is 0 Å². The highest BCUT2D eigenvalue weighted by Gasteiger charge is 2.20. The third kappa shape index (κ3) is 3.81. The van der Waals surface area contributed by atoms with Crippen molar-refractivity contribution >= 4 is 49.3 Å². The first-order valence-corrected chi connectivity index (χ1v) is 15.2. The molecular formula is C41H25N5. The molecule has 46 heavy (non-hydrogen) atoms. The molecule has 5 aromatic carbocycles. The van der Waals surface area contributed by atoms with E-state index >= 15 is 0 Å². The molecule has 0 radical (unpaired) electrons. The van der Waals surface area contributed by atoms with Crippen LogP contribution in [0.5, 0.6) is 0 Å². The van der Waals surface area contributed by atoms with E-state index in [0.717, 1.165) is 56.0 Å². The molecule has 4 heterocycles. The lowest BCUT2D eigenvalue weighted by Crippen LogP contribution is -2.01. The van der Waals surface area contributed by atoms with Gasteiger partial charge in [0.1, 0.15) is 0 Å². The maximum Gasteiger partial charge on any atom is 0.198 e. The van der Waals surface area contributed by atoms with E-state index in [1.54, 1.807) is 0 Å². The van der Waals surface area contributed by atoms with Gasteiger partial charge in [0.25, 0.3) is 0 Å². The molecule has 0 saturated heterocycles. The highest BCUT2D eigenvalue weighted by atomic mass is 15.0. The van der Waals surface area contributed by atoms with E-state index in [0.29, 0.717) is 5.69 Å². The van der Waals surface area contributed by atoms with Gasteiger partial charge in [-0.05, 0) is 48.5 Å². The van der Waals surface area contributed by atoms with Crippen LogP contribution in [0.2, 0.25) is 0 Å². The van der Waals surface area contributed by atoms with Crippen LogP contribution in [-0.4, -0.2) is 19.1 Å². The summed E-state index contributed by atoms with van der Waals surface area (Å²) in [4.78, 5) is 13.8. The van der Waals surface area contributed by atoms with Crippen molar-refractivity contribution in [3.05, 3.63) is 163 Å². The molecule has 0 aliphatic rings. The van der Waals surface area contributed by atoms with Crippen LogP contribution in [0, 0.1) is 6.57 Å². The molecule has 214 valence electrons. The molecule has 0 bridgehead atoms. The number of pyridine rings is 2. The summed E-state index contributed by atoms with van der Waals surface area (Å²) in [7, 11) is 0. The van der Waals surface area contributed by atoms with Crippen molar-refractivity contribution in [2.75, 3.05) is 0 Å². The molecule has 4 aromatic heterocycles. The van der Waals surface area contributed by atoms with Crippen LogP contribution in [0.3, 0.4) is 0 Å². The number of benzene rings is 5. The van der Waals surface area contributed by atoms with Gasteiger partial charge in [0.05, 0.1) is 51.9 Å². The van der Waals surface area contributed by atoms with Gasteiger partial charge < -0.3 is 9.13 Å². The maximum absolute atomic E-state index is 8.16. The van der Waals surface area contributed by atoms with Gasteiger partial charge in [0.2, 0.25) is 0 Å². The fourth-order valence-corrected chi connectivity index (χ4v) is 6.94. The Labute approximate surface area is 265 Å². The summed E-state index contributed by atoms with van der Waals surface area (Å²) in [6.45, 7) is 8.16. The van der Waals surface area contributed by atoms with Gasteiger partial charge in [0.15, 0.2) is 5.69 Å². The summed E-state index contributed by atoms with van der Waals surface area (Å²) < 4.78 is 4.54. The molecule has 0 aliphatic heterocycles. The van der Waals surface area contributed by atoms with E-state index in [4.69, 9.17) is 11.6 Å². The second kappa shape index (κ2) is 10.3. The Morgan fingerprint density at radius 1 is 0.478 bits per heavy atom. The molecule has 0 atom stereocenters. The summed E-state index contributed by atoms with van der Waals surface area (Å²) >= 11 is 0. The number of fused-ring (bicyclic) bond motifs is 6. The number of hydrogen-bond donors (Lipinski definition) is 0. The highest BCUT2D eigenvalue weighted by molar-refractivity contribution is 6.11. The molecule has 0 unspecified atom stereocenters. The number of aromatic nitrogens is 4. The monoisotopic (exact) mass is 587 g/mol. The van der Waals surface area contributed by atoms with Gasteiger partial charge in [-0.3, -0.25) is 4.98 Å². The molecule has 0 fully saturated rings. The molecule has 5 nitrogen and oxygen atoms in total. The molecule has 0 amide bonds. The summed E-state index contributed by atoms with van der Waals surface area (Å²) in [6.07, 6.45) is 3.73. The van der Waals surface area contributed by atoms with Crippen molar-refractivity contribution < 1.29 is 0 Å². The first kappa shape index (κ1) is 25.9. The van der Waals surface area contributed by atoms with E-state index in [1.807, 2.05) is 48.8 Å². The second-order valence-corrected chi connectivity index (χ2v) is 11.3. The predicted octanol–water partition coefficient (Wildman–Crippen LogP) is 10.6. The molecule has 9 rings (SSSR count).